The Morgan fingerprint density at radius 2 is 2.22 bits per heavy atom. The highest BCUT2D eigenvalue weighted by atomic mass is 32.2. The number of nitrogens with zero attached hydrogens (tertiary/aromatic N) is 1. The van der Waals surface area contributed by atoms with E-state index in [0.717, 1.165) is 32.2 Å². The molecular weight excluding hydrogens is 272 g/mol. The topological polar surface area (TPSA) is 72.0 Å². The quantitative estimate of drug-likeness (QED) is 0.691. The maximum absolute atomic E-state index is 10.8. The molecule has 2 rings (SSSR count). The van der Waals surface area contributed by atoms with Gasteiger partial charge in [-0.3, -0.25) is 9.59 Å². The number of carbonyl (C=O) groups excluding carboxylic acids is 2. The maximum Gasteiger partial charge on any atom is 0.293 e. The lowest BCUT2D eigenvalue weighted by Crippen LogP contribution is -1.80. The fourth-order valence-electron chi connectivity index (χ4n) is 1.28. The highest BCUT2D eigenvalue weighted by molar-refractivity contribution is 8.00. The predicted molar refractivity (Wildman–Crippen MR) is 73.6 cm³/mol. The molecule has 5 nitrogen and oxygen atoms in total. The molecule has 2 aromatic heterocycles. The number of carbonyl (C=O) groups is 2. The van der Waals surface area contributed by atoms with Crippen LogP contribution >= 0.6 is 23.1 Å². The number of rotatable bonds is 4. The Labute approximate surface area is 113 Å². The van der Waals surface area contributed by atoms with Crippen LogP contribution in [0.4, 0.5) is 0 Å². The normalized spacial score (nSPS) is 9.72. The summed E-state index contributed by atoms with van der Waals surface area (Å²) in [5.74, 6) is 0. The lowest BCUT2D eigenvalue weighted by molar-refractivity contribution is -0.128. The molecule has 0 amide bonds. The lowest BCUT2D eigenvalue weighted by Gasteiger charge is -1.86. The van der Waals surface area contributed by atoms with Crippen LogP contribution < -0.4 is 0 Å². The molecule has 0 saturated carbocycles. The van der Waals surface area contributed by atoms with E-state index in [9.17, 15) is 9.59 Å². The van der Waals surface area contributed by atoms with Gasteiger partial charge >= 0.3 is 0 Å². The van der Waals surface area contributed by atoms with E-state index in [1.807, 2.05) is 13.2 Å². The molecule has 0 aliphatic rings. The molecular formula is C11H14N2O3S2. The average molecular weight is 286 g/mol. The van der Waals surface area contributed by atoms with Crippen LogP contribution in [0.1, 0.15) is 23.0 Å². The number of nitrogens with one attached hydrogen (secondary N) is 1. The van der Waals surface area contributed by atoms with Crippen LogP contribution in [0.15, 0.2) is 4.34 Å². The zero-order valence-electron chi connectivity index (χ0n) is 10.4. The maximum atomic E-state index is 10.8. The molecule has 0 spiro atoms. The highest BCUT2D eigenvalue weighted by Gasteiger charge is 2.12. The van der Waals surface area contributed by atoms with Crippen LogP contribution in [0.25, 0.3) is 10.3 Å². The highest BCUT2D eigenvalue weighted by Crippen LogP contribution is 2.31. The number of ether oxygens (including phenoxy) is 1. The standard InChI is InChI=1S/C8H8N2OS2.C3H6O2/c1-4-5(3-11)6-7(9-4)10-8(12-2)13-6;1-2-5-3-4/h3,9H,1-2H3;3H,2H2,1H3. The number of aryl methyl sites for hydroxylation is 1. The Morgan fingerprint density at radius 3 is 2.67 bits per heavy atom. The van der Waals surface area contributed by atoms with Gasteiger partial charge in [0.2, 0.25) is 0 Å². The number of thioether (sulfide) groups is 1. The third kappa shape index (κ3) is 3.33. The van der Waals surface area contributed by atoms with Gasteiger partial charge in [0, 0.05) is 5.69 Å². The largest absolute Gasteiger partial charge is 0.468 e. The Hall–Kier alpha value is -1.34. The minimum absolute atomic E-state index is 0.431. The van der Waals surface area contributed by atoms with Gasteiger partial charge in [0.15, 0.2) is 16.3 Å². The first-order chi connectivity index (χ1) is 8.67. The average Bonchev–Trinajstić information content (AvgIpc) is 2.86. The van der Waals surface area contributed by atoms with Crippen molar-refractivity contribution >= 4 is 46.2 Å². The van der Waals surface area contributed by atoms with E-state index in [1.54, 1.807) is 30.0 Å². The first-order valence-corrected chi connectivity index (χ1v) is 7.25. The summed E-state index contributed by atoms with van der Waals surface area (Å²) in [6, 6.07) is 0. The lowest BCUT2D eigenvalue weighted by atomic mass is 10.3. The molecule has 0 atom stereocenters. The molecule has 0 unspecified atom stereocenters. The summed E-state index contributed by atoms with van der Waals surface area (Å²) in [4.78, 5) is 27.3. The van der Waals surface area contributed by atoms with Gasteiger partial charge in [-0.15, -0.1) is 11.3 Å². The SMILES string of the molecule is CCOC=O.CSc1nc2[nH]c(C)c(C=O)c2s1. The second kappa shape index (κ2) is 7.17. The first kappa shape index (κ1) is 14.7. The van der Waals surface area contributed by atoms with Gasteiger partial charge in [0.1, 0.15) is 0 Å². The third-order valence-electron chi connectivity index (χ3n) is 2.09. The molecule has 0 aromatic carbocycles. The van der Waals surface area contributed by atoms with E-state index >= 15 is 0 Å². The summed E-state index contributed by atoms with van der Waals surface area (Å²) < 4.78 is 6.11. The second-order valence-electron chi connectivity index (χ2n) is 3.19. The predicted octanol–water partition coefficient (Wildman–Crippen LogP) is 2.65. The Balaban J connectivity index is 0.000000280. The van der Waals surface area contributed by atoms with E-state index in [1.165, 1.54) is 0 Å². The molecule has 0 aliphatic heterocycles. The summed E-state index contributed by atoms with van der Waals surface area (Å²) in [6.07, 6.45) is 2.86. The first-order valence-electron chi connectivity index (χ1n) is 5.21. The molecule has 18 heavy (non-hydrogen) atoms. The third-order valence-corrected chi connectivity index (χ3v) is 4.16. The molecule has 7 heteroatoms. The van der Waals surface area contributed by atoms with Gasteiger partial charge in [0.05, 0.1) is 16.9 Å². The van der Waals surface area contributed by atoms with Crippen molar-refractivity contribution in [3.05, 3.63) is 11.3 Å². The molecule has 2 heterocycles. The number of fused-ring (bicyclic) bond motifs is 1. The van der Waals surface area contributed by atoms with E-state index < -0.39 is 0 Å². The molecule has 0 radical (unpaired) electrons. The van der Waals surface area contributed by atoms with E-state index in [2.05, 4.69) is 14.7 Å². The van der Waals surface area contributed by atoms with Gasteiger partial charge in [-0.2, -0.15) is 0 Å². The van der Waals surface area contributed by atoms with Crippen molar-refractivity contribution in [3.8, 4) is 0 Å². The smallest absolute Gasteiger partial charge is 0.293 e. The van der Waals surface area contributed by atoms with Crippen molar-refractivity contribution in [1.29, 1.82) is 0 Å². The van der Waals surface area contributed by atoms with E-state index in [4.69, 9.17) is 0 Å². The van der Waals surface area contributed by atoms with Crippen LogP contribution in [0.5, 0.6) is 0 Å². The van der Waals surface area contributed by atoms with Crippen LogP contribution in [-0.4, -0.2) is 35.6 Å². The molecule has 1 N–H and O–H groups in total. The van der Waals surface area contributed by atoms with Gasteiger partial charge in [0.25, 0.3) is 6.47 Å². The molecule has 0 fully saturated rings. The monoisotopic (exact) mass is 286 g/mol. The zero-order chi connectivity index (χ0) is 13.5. The minimum Gasteiger partial charge on any atom is -0.468 e. The van der Waals surface area contributed by atoms with Crippen LogP contribution in [-0.2, 0) is 9.53 Å². The van der Waals surface area contributed by atoms with Crippen LogP contribution in [0.3, 0.4) is 0 Å². The summed E-state index contributed by atoms with van der Waals surface area (Å²) in [7, 11) is 0. The van der Waals surface area contributed by atoms with Crippen molar-refractivity contribution < 1.29 is 14.3 Å². The van der Waals surface area contributed by atoms with Gasteiger partial charge < -0.3 is 9.72 Å². The Bertz CT molecular complexity index is 534. The zero-order valence-corrected chi connectivity index (χ0v) is 12.0. The number of H-pyrrole nitrogens is 1. The molecule has 0 aliphatic carbocycles. The van der Waals surface area contributed by atoms with Crippen molar-refractivity contribution in [1.82, 2.24) is 9.97 Å². The summed E-state index contributed by atoms with van der Waals surface area (Å²) in [5.41, 5.74) is 2.47. The van der Waals surface area contributed by atoms with Gasteiger partial charge in [-0.1, -0.05) is 11.8 Å². The molecule has 0 bridgehead atoms. The number of hydrogen-bond donors (Lipinski definition) is 1. The Kier molecular flexibility index (Phi) is 5.87. The number of aromatic amines is 1. The van der Waals surface area contributed by atoms with Crippen molar-refractivity contribution in [2.75, 3.05) is 12.9 Å². The number of hydrogen-bond acceptors (Lipinski definition) is 6. The van der Waals surface area contributed by atoms with Crippen molar-refractivity contribution in [2.45, 2.75) is 18.2 Å². The van der Waals surface area contributed by atoms with Crippen LogP contribution in [0.2, 0.25) is 0 Å². The van der Waals surface area contributed by atoms with Gasteiger partial charge in [-0.05, 0) is 20.1 Å². The summed E-state index contributed by atoms with van der Waals surface area (Å²) in [6.45, 7) is 4.55. The minimum atomic E-state index is 0.431. The molecule has 0 saturated heterocycles. The second-order valence-corrected chi connectivity index (χ2v) is 5.25. The van der Waals surface area contributed by atoms with Crippen molar-refractivity contribution in [2.24, 2.45) is 0 Å². The van der Waals surface area contributed by atoms with E-state index in [-0.39, 0.29) is 0 Å². The van der Waals surface area contributed by atoms with E-state index in [0.29, 0.717) is 13.1 Å². The number of aromatic nitrogens is 2. The fourth-order valence-corrected chi connectivity index (χ4v) is 2.86. The van der Waals surface area contributed by atoms with Crippen LogP contribution in [0, 0.1) is 6.92 Å². The summed E-state index contributed by atoms with van der Waals surface area (Å²) >= 11 is 3.15. The Morgan fingerprint density at radius 1 is 1.50 bits per heavy atom. The molecule has 2 aromatic rings. The van der Waals surface area contributed by atoms with Gasteiger partial charge in [-0.25, -0.2) is 4.98 Å². The summed E-state index contributed by atoms with van der Waals surface area (Å²) in [5, 5.41) is 0. The molecule has 98 valence electrons. The fraction of sp³-hybridized carbons (Fsp3) is 0.364. The number of thiazole rings is 1. The number of aldehydes is 1. The van der Waals surface area contributed by atoms with Crippen molar-refractivity contribution in [3.63, 3.8) is 0 Å².